The molecule has 1 aromatic heterocycles. The number of hydrogen-bond acceptors (Lipinski definition) is 3. The van der Waals surface area contributed by atoms with Crippen molar-refractivity contribution >= 4 is 5.78 Å². The van der Waals surface area contributed by atoms with Crippen LogP contribution in [0.2, 0.25) is 0 Å². The maximum Gasteiger partial charge on any atom is 0.164 e. The molecular formula is C15H16N2O. The molecule has 0 unspecified atom stereocenters. The lowest BCUT2D eigenvalue weighted by Crippen LogP contribution is -2.18. The van der Waals surface area contributed by atoms with Crippen LogP contribution in [0.4, 0.5) is 0 Å². The van der Waals surface area contributed by atoms with Gasteiger partial charge in [-0.05, 0) is 12.1 Å². The van der Waals surface area contributed by atoms with E-state index in [1.54, 1.807) is 6.20 Å². The first-order valence-corrected chi connectivity index (χ1v) is 6.05. The van der Waals surface area contributed by atoms with E-state index in [0.29, 0.717) is 19.5 Å². The first kappa shape index (κ1) is 12.5. The number of hydrogen-bond donors (Lipinski definition) is 1. The highest BCUT2D eigenvalue weighted by Crippen LogP contribution is 2.02. The minimum atomic E-state index is 0.170. The largest absolute Gasteiger partial charge is 0.311 e. The van der Waals surface area contributed by atoms with E-state index in [1.807, 2.05) is 48.5 Å². The molecule has 2 rings (SSSR count). The predicted octanol–water partition coefficient (Wildman–Crippen LogP) is 2.44. The molecule has 2 aromatic rings. The minimum absolute atomic E-state index is 0.170. The van der Waals surface area contributed by atoms with Crippen molar-refractivity contribution in [2.24, 2.45) is 0 Å². The van der Waals surface area contributed by atoms with Crippen molar-refractivity contribution in [2.75, 3.05) is 6.54 Å². The molecule has 0 saturated carbocycles. The summed E-state index contributed by atoms with van der Waals surface area (Å²) in [6.07, 6.45) is 2.28. The molecule has 0 aliphatic rings. The molecule has 0 fully saturated rings. The highest BCUT2D eigenvalue weighted by molar-refractivity contribution is 5.96. The van der Waals surface area contributed by atoms with Crippen molar-refractivity contribution in [1.29, 1.82) is 0 Å². The van der Waals surface area contributed by atoms with Crippen molar-refractivity contribution in [3.8, 4) is 0 Å². The SMILES string of the molecule is O=C(CCNCc1ccccn1)c1ccccc1. The second-order valence-corrected chi connectivity index (χ2v) is 4.04. The lowest BCUT2D eigenvalue weighted by atomic mass is 10.1. The molecule has 0 aliphatic heterocycles. The number of carbonyl (C=O) groups excluding carboxylic acids is 1. The van der Waals surface area contributed by atoms with Gasteiger partial charge in [-0.15, -0.1) is 0 Å². The Morgan fingerprint density at radius 3 is 2.56 bits per heavy atom. The molecule has 3 heteroatoms. The highest BCUT2D eigenvalue weighted by atomic mass is 16.1. The molecule has 1 aromatic carbocycles. The summed E-state index contributed by atoms with van der Waals surface area (Å²) < 4.78 is 0. The fraction of sp³-hybridized carbons (Fsp3) is 0.200. The summed E-state index contributed by atoms with van der Waals surface area (Å²) in [4.78, 5) is 16.0. The van der Waals surface area contributed by atoms with Crippen LogP contribution < -0.4 is 5.32 Å². The fourth-order valence-electron chi connectivity index (χ4n) is 1.69. The van der Waals surface area contributed by atoms with Gasteiger partial charge in [0.05, 0.1) is 5.69 Å². The monoisotopic (exact) mass is 240 g/mol. The number of nitrogens with zero attached hydrogens (tertiary/aromatic N) is 1. The van der Waals surface area contributed by atoms with Crippen LogP contribution in [-0.2, 0) is 6.54 Å². The normalized spacial score (nSPS) is 10.2. The molecule has 0 spiro atoms. The van der Waals surface area contributed by atoms with E-state index in [9.17, 15) is 4.79 Å². The van der Waals surface area contributed by atoms with Gasteiger partial charge in [-0.3, -0.25) is 9.78 Å². The molecule has 0 saturated heterocycles. The van der Waals surface area contributed by atoms with Gasteiger partial charge in [-0.25, -0.2) is 0 Å². The van der Waals surface area contributed by atoms with Crippen LogP contribution in [0.15, 0.2) is 54.7 Å². The smallest absolute Gasteiger partial charge is 0.164 e. The number of benzene rings is 1. The zero-order chi connectivity index (χ0) is 12.6. The third-order valence-electron chi connectivity index (χ3n) is 2.66. The zero-order valence-corrected chi connectivity index (χ0v) is 10.2. The molecule has 18 heavy (non-hydrogen) atoms. The van der Waals surface area contributed by atoms with Gasteiger partial charge in [0.15, 0.2) is 5.78 Å². The van der Waals surface area contributed by atoms with E-state index in [0.717, 1.165) is 11.3 Å². The van der Waals surface area contributed by atoms with Crippen molar-refractivity contribution in [3.63, 3.8) is 0 Å². The van der Waals surface area contributed by atoms with Gasteiger partial charge in [-0.1, -0.05) is 36.4 Å². The van der Waals surface area contributed by atoms with E-state index >= 15 is 0 Å². The van der Waals surface area contributed by atoms with Crippen LogP contribution in [-0.4, -0.2) is 17.3 Å². The molecule has 0 bridgehead atoms. The standard InChI is InChI=1S/C15H16N2O/c18-15(13-6-2-1-3-7-13)9-11-16-12-14-8-4-5-10-17-14/h1-8,10,16H,9,11-12H2. The summed E-state index contributed by atoms with van der Waals surface area (Å²) in [5.74, 6) is 0.170. The summed E-state index contributed by atoms with van der Waals surface area (Å²) in [5, 5.41) is 3.22. The number of aromatic nitrogens is 1. The molecule has 1 heterocycles. The van der Waals surface area contributed by atoms with Gasteiger partial charge in [0.25, 0.3) is 0 Å². The summed E-state index contributed by atoms with van der Waals surface area (Å²) >= 11 is 0. The molecule has 0 atom stereocenters. The summed E-state index contributed by atoms with van der Waals surface area (Å²) in [6, 6.07) is 15.2. The number of carbonyl (C=O) groups is 1. The first-order valence-electron chi connectivity index (χ1n) is 6.05. The maximum atomic E-state index is 11.8. The quantitative estimate of drug-likeness (QED) is 0.623. The lowest BCUT2D eigenvalue weighted by Gasteiger charge is -2.04. The van der Waals surface area contributed by atoms with Gasteiger partial charge in [-0.2, -0.15) is 0 Å². The van der Waals surface area contributed by atoms with E-state index in [4.69, 9.17) is 0 Å². The van der Waals surface area contributed by atoms with Crippen molar-refractivity contribution in [2.45, 2.75) is 13.0 Å². The third kappa shape index (κ3) is 3.79. The Labute approximate surface area is 107 Å². The third-order valence-corrected chi connectivity index (χ3v) is 2.66. The predicted molar refractivity (Wildman–Crippen MR) is 71.3 cm³/mol. The topological polar surface area (TPSA) is 42.0 Å². The van der Waals surface area contributed by atoms with Gasteiger partial charge in [0.1, 0.15) is 0 Å². The lowest BCUT2D eigenvalue weighted by molar-refractivity contribution is 0.0982. The van der Waals surface area contributed by atoms with Crippen molar-refractivity contribution < 1.29 is 4.79 Å². The number of nitrogens with one attached hydrogen (secondary N) is 1. The number of rotatable bonds is 6. The second-order valence-electron chi connectivity index (χ2n) is 4.04. The summed E-state index contributed by atoms with van der Waals surface area (Å²) in [5.41, 5.74) is 1.77. The molecule has 92 valence electrons. The Morgan fingerprint density at radius 1 is 1.06 bits per heavy atom. The van der Waals surface area contributed by atoms with Crippen LogP contribution in [0.5, 0.6) is 0 Å². The Bertz CT molecular complexity index is 482. The van der Waals surface area contributed by atoms with Gasteiger partial charge < -0.3 is 5.32 Å². The first-order chi connectivity index (χ1) is 8.86. The highest BCUT2D eigenvalue weighted by Gasteiger charge is 2.03. The summed E-state index contributed by atoms with van der Waals surface area (Å²) in [6.45, 7) is 1.37. The van der Waals surface area contributed by atoms with Crippen LogP contribution in [0.1, 0.15) is 22.5 Å². The second kappa shape index (κ2) is 6.67. The molecule has 3 nitrogen and oxygen atoms in total. The van der Waals surface area contributed by atoms with Gasteiger partial charge in [0, 0.05) is 31.3 Å². The zero-order valence-electron chi connectivity index (χ0n) is 10.2. The van der Waals surface area contributed by atoms with Crippen LogP contribution >= 0.6 is 0 Å². The Balaban J connectivity index is 1.72. The van der Waals surface area contributed by atoms with Crippen molar-refractivity contribution in [1.82, 2.24) is 10.3 Å². The molecule has 0 radical (unpaired) electrons. The number of pyridine rings is 1. The summed E-state index contributed by atoms with van der Waals surface area (Å²) in [7, 11) is 0. The molecule has 1 N–H and O–H groups in total. The van der Waals surface area contributed by atoms with E-state index < -0.39 is 0 Å². The molecule has 0 aliphatic carbocycles. The Hall–Kier alpha value is -2.00. The van der Waals surface area contributed by atoms with Gasteiger partial charge >= 0.3 is 0 Å². The van der Waals surface area contributed by atoms with Crippen LogP contribution in [0.25, 0.3) is 0 Å². The van der Waals surface area contributed by atoms with E-state index in [1.165, 1.54) is 0 Å². The Morgan fingerprint density at radius 2 is 1.83 bits per heavy atom. The Kier molecular flexibility index (Phi) is 4.61. The van der Waals surface area contributed by atoms with Crippen LogP contribution in [0.3, 0.4) is 0 Å². The maximum absolute atomic E-state index is 11.8. The van der Waals surface area contributed by atoms with Crippen molar-refractivity contribution in [3.05, 3.63) is 66.0 Å². The minimum Gasteiger partial charge on any atom is -0.311 e. The fourth-order valence-corrected chi connectivity index (χ4v) is 1.69. The number of Topliss-reactive ketones (excluding diaryl/α,β-unsaturated/α-hetero) is 1. The van der Waals surface area contributed by atoms with Gasteiger partial charge in [0.2, 0.25) is 0 Å². The average molecular weight is 240 g/mol. The average Bonchev–Trinajstić information content (AvgIpc) is 2.45. The van der Waals surface area contributed by atoms with E-state index in [-0.39, 0.29) is 5.78 Å². The molecular weight excluding hydrogens is 224 g/mol. The van der Waals surface area contributed by atoms with Crippen LogP contribution in [0, 0.1) is 0 Å². The van der Waals surface area contributed by atoms with E-state index in [2.05, 4.69) is 10.3 Å². The number of ketones is 1. The molecule has 0 amide bonds.